The zero-order valence-corrected chi connectivity index (χ0v) is 9.32. The van der Waals surface area contributed by atoms with Gasteiger partial charge in [0.1, 0.15) is 5.65 Å². The van der Waals surface area contributed by atoms with E-state index in [-0.39, 0.29) is 0 Å². The van der Waals surface area contributed by atoms with Gasteiger partial charge in [0.15, 0.2) is 0 Å². The molecule has 17 heavy (non-hydrogen) atoms. The number of hydrogen-bond donors (Lipinski definition) is 0. The van der Waals surface area contributed by atoms with Crippen LogP contribution in [0.2, 0.25) is 0 Å². The molecule has 3 aromatic rings. The first-order chi connectivity index (χ1) is 8.42. The second kappa shape index (κ2) is 4.26. The fourth-order valence-corrected chi connectivity index (χ4v) is 1.78. The number of pyridine rings is 1. The van der Waals surface area contributed by atoms with Crippen LogP contribution < -0.4 is 0 Å². The highest BCUT2D eigenvalue weighted by Crippen LogP contribution is 2.09. The van der Waals surface area contributed by atoms with Gasteiger partial charge < -0.3 is 4.40 Å². The summed E-state index contributed by atoms with van der Waals surface area (Å²) in [5.41, 5.74) is 3.13. The van der Waals surface area contributed by atoms with Gasteiger partial charge in [0.25, 0.3) is 0 Å². The molecule has 2 heterocycles. The van der Waals surface area contributed by atoms with Crippen molar-refractivity contribution in [3.05, 3.63) is 72.2 Å². The van der Waals surface area contributed by atoms with Crippen molar-refractivity contribution < 1.29 is 0 Å². The molecule has 0 aliphatic rings. The van der Waals surface area contributed by atoms with Gasteiger partial charge in [-0.25, -0.2) is 4.98 Å². The summed E-state index contributed by atoms with van der Waals surface area (Å²) in [6.45, 7) is 0. The highest BCUT2D eigenvalue weighted by Gasteiger charge is 1.96. The molecule has 1 aromatic carbocycles. The Labute approximate surface area is 99.9 Å². The Morgan fingerprint density at radius 2 is 1.71 bits per heavy atom. The molecule has 0 atom stereocenters. The summed E-state index contributed by atoms with van der Waals surface area (Å²) >= 11 is 0. The van der Waals surface area contributed by atoms with Crippen LogP contribution in [0.25, 0.3) is 17.8 Å². The fourth-order valence-electron chi connectivity index (χ4n) is 1.78. The molecule has 0 spiro atoms. The largest absolute Gasteiger partial charge is 0.306 e. The molecule has 2 aromatic heterocycles. The zero-order valence-electron chi connectivity index (χ0n) is 9.32. The van der Waals surface area contributed by atoms with Crippen LogP contribution >= 0.6 is 0 Å². The minimum absolute atomic E-state index is 0.972. The van der Waals surface area contributed by atoms with E-state index in [1.54, 1.807) is 0 Å². The van der Waals surface area contributed by atoms with Crippen molar-refractivity contribution in [2.75, 3.05) is 0 Å². The third-order valence-electron chi connectivity index (χ3n) is 2.63. The molecule has 0 N–H and O–H groups in total. The smallest absolute Gasteiger partial charge is 0.137 e. The number of rotatable bonds is 2. The molecule has 2 nitrogen and oxygen atoms in total. The average Bonchev–Trinajstić information content (AvgIpc) is 2.80. The topological polar surface area (TPSA) is 17.3 Å². The van der Waals surface area contributed by atoms with E-state index in [1.807, 2.05) is 59.3 Å². The summed E-state index contributed by atoms with van der Waals surface area (Å²) in [5, 5.41) is 0. The van der Waals surface area contributed by atoms with Gasteiger partial charge in [-0.2, -0.15) is 0 Å². The van der Waals surface area contributed by atoms with Gasteiger partial charge in [-0.1, -0.05) is 42.5 Å². The lowest BCUT2D eigenvalue weighted by Crippen LogP contribution is -1.77. The van der Waals surface area contributed by atoms with Crippen molar-refractivity contribution in [3.8, 4) is 0 Å². The van der Waals surface area contributed by atoms with E-state index in [2.05, 4.69) is 23.2 Å². The summed E-state index contributed by atoms with van der Waals surface area (Å²) < 4.78 is 2.02. The molecule has 0 amide bonds. The first-order valence-corrected chi connectivity index (χ1v) is 5.59. The highest BCUT2D eigenvalue weighted by atomic mass is 15.0. The molecule has 0 aliphatic carbocycles. The third kappa shape index (κ3) is 2.11. The van der Waals surface area contributed by atoms with Gasteiger partial charge in [-0.15, -0.1) is 0 Å². The van der Waals surface area contributed by atoms with E-state index < -0.39 is 0 Å². The third-order valence-corrected chi connectivity index (χ3v) is 2.63. The summed E-state index contributed by atoms with van der Waals surface area (Å²) in [7, 11) is 0. The Balaban J connectivity index is 1.92. The predicted molar refractivity (Wildman–Crippen MR) is 70.6 cm³/mol. The van der Waals surface area contributed by atoms with Crippen molar-refractivity contribution >= 4 is 17.8 Å². The molecular weight excluding hydrogens is 208 g/mol. The van der Waals surface area contributed by atoms with Crippen molar-refractivity contribution in [2.24, 2.45) is 0 Å². The summed E-state index contributed by atoms with van der Waals surface area (Å²) in [4.78, 5) is 4.50. The van der Waals surface area contributed by atoms with Crippen LogP contribution in [0.4, 0.5) is 0 Å². The van der Waals surface area contributed by atoms with E-state index in [0.29, 0.717) is 0 Å². The summed E-state index contributed by atoms with van der Waals surface area (Å²) in [6, 6.07) is 16.2. The molecule has 0 unspecified atom stereocenters. The SMILES string of the molecule is C(=C\c1cn2ccccc2n1)/c1ccccc1. The quantitative estimate of drug-likeness (QED) is 0.646. The van der Waals surface area contributed by atoms with Gasteiger partial charge in [0.05, 0.1) is 5.69 Å². The first kappa shape index (κ1) is 9.85. The standard InChI is InChI=1S/C15H12N2/c1-2-6-13(7-3-1)9-10-14-12-17-11-5-4-8-15(17)16-14/h1-12H/b10-9+. The van der Waals surface area contributed by atoms with Crippen LogP contribution in [0.5, 0.6) is 0 Å². The molecule has 82 valence electrons. The number of fused-ring (bicyclic) bond motifs is 1. The summed E-state index contributed by atoms with van der Waals surface area (Å²) in [5.74, 6) is 0. The molecule has 0 bridgehead atoms. The maximum Gasteiger partial charge on any atom is 0.137 e. The zero-order chi connectivity index (χ0) is 11.5. The molecule has 0 saturated carbocycles. The normalized spacial score (nSPS) is 11.3. The highest BCUT2D eigenvalue weighted by molar-refractivity contribution is 5.68. The van der Waals surface area contributed by atoms with E-state index in [4.69, 9.17) is 0 Å². The Bertz CT molecular complexity index is 618. The van der Waals surface area contributed by atoms with Crippen LogP contribution in [0.15, 0.2) is 60.9 Å². The molecule has 3 rings (SSSR count). The van der Waals surface area contributed by atoms with Crippen LogP contribution in [-0.2, 0) is 0 Å². The van der Waals surface area contributed by atoms with E-state index in [0.717, 1.165) is 11.3 Å². The lowest BCUT2D eigenvalue weighted by molar-refractivity contribution is 1.19. The molecular formula is C15H12N2. The molecule has 0 saturated heterocycles. The predicted octanol–water partition coefficient (Wildman–Crippen LogP) is 3.50. The Hall–Kier alpha value is -2.35. The maximum absolute atomic E-state index is 4.50. The number of aromatic nitrogens is 2. The number of nitrogens with zero attached hydrogens (tertiary/aromatic N) is 2. The summed E-state index contributed by atoms with van der Waals surface area (Å²) in [6.07, 6.45) is 8.13. The number of benzene rings is 1. The van der Waals surface area contributed by atoms with Crippen LogP contribution in [0.1, 0.15) is 11.3 Å². The van der Waals surface area contributed by atoms with Crippen molar-refractivity contribution in [2.45, 2.75) is 0 Å². The van der Waals surface area contributed by atoms with Crippen LogP contribution in [0, 0.1) is 0 Å². The van der Waals surface area contributed by atoms with Crippen molar-refractivity contribution in [1.82, 2.24) is 9.38 Å². The van der Waals surface area contributed by atoms with Crippen molar-refractivity contribution in [1.29, 1.82) is 0 Å². The van der Waals surface area contributed by atoms with E-state index in [1.165, 1.54) is 5.56 Å². The molecule has 0 fully saturated rings. The lowest BCUT2D eigenvalue weighted by Gasteiger charge is -1.89. The average molecular weight is 220 g/mol. The Morgan fingerprint density at radius 1 is 0.882 bits per heavy atom. The Morgan fingerprint density at radius 3 is 2.53 bits per heavy atom. The molecule has 0 aliphatic heterocycles. The van der Waals surface area contributed by atoms with Gasteiger partial charge in [-0.3, -0.25) is 0 Å². The first-order valence-electron chi connectivity index (χ1n) is 5.59. The number of imidazole rings is 1. The van der Waals surface area contributed by atoms with Gasteiger partial charge in [0.2, 0.25) is 0 Å². The molecule has 2 heteroatoms. The van der Waals surface area contributed by atoms with Crippen molar-refractivity contribution in [3.63, 3.8) is 0 Å². The fraction of sp³-hybridized carbons (Fsp3) is 0. The van der Waals surface area contributed by atoms with E-state index in [9.17, 15) is 0 Å². The minimum Gasteiger partial charge on any atom is -0.306 e. The van der Waals surface area contributed by atoms with Crippen LogP contribution in [-0.4, -0.2) is 9.38 Å². The number of hydrogen-bond acceptors (Lipinski definition) is 1. The second-order valence-electron chi connectivity index (χ2n) is 3.88. The molecule has 0 radical (unpaired) electrons. The Kier molecular flexibility index (Phi) is 2.47. The monoisotopic (exact) mass is 220 g/mol. The van der Waals surface area contributed by atoms with Gasteiger partial charge >= 0.3 is 0 Å². The van der Waals surface area contributed by atoms with Gasteiger partial charge in [0, 0.05) is 12.4 Å². The van der Waals surface area contributed by atoms with E-state index >= 15 is 0 Å². The minimum atomic E-state index is 0.972. The van der Waals surface area contributed by atoms with Gasteiger partial charge in [-0.05, 0) is 23.8 Å². The lowest BCUT2D eigenvalue weighted by atomic mass is 10.2. The van der Waals surface area contributed by atoms with Crippen LogP contribution in [0.3, 0.4) is 0 Å². The maximum atomic E-state index is 4.50. The second-order valence-corrected chi connectivity index (χ2v) is 3.88.